The average molecular weight is 423 g/mol. The molecule has 30 heavy (non-hydrogen) atoms. The number of guanidine groups is 1. The van der Waals surface area contributed by atoms with Crippen LogP contribution >= 0.6 is 11.8 Å². The van der Waals surface area contributed by atoms with Crippen LogP contribution in [0.3, 0.4) is 0 Å². The smallest absolute Gasteiger partial charge is 0.192 e. The Bertz CT molecular complexity index is 939. The zero-order valence-electron chi connectivity index (χ0n) is 18.0. The van der Waals surface area contributed by atoms with E-state index < -0.39 is 0 Å². The maximum atomic E-state index is 4.77. The summed E-state index contributed by atoms with van der Waals surface area (Å²) >= 11 is 1.85. The highest BCUT2D eigenvalue weighted by molar-refractivity contribution is 8.00. The normalized spacial score (nSPS) is 13.7. The number of hydrogen-bond donors (Lipinski definition) is 2. The molecule has 0 aliphatic carbocycles. The molecule has 0 spiro atoms. The minimum Gasteiger partial charge on any atom is -0.355 e. The van der Waals surface area contributed by atoms with Gasteiger partial charge in [-0.1, -0.05) is 55.5 Å². The molecule has 0 saturated carbocycles. The fraction of sp³-hybridized carbons (Fsp3) is 0.348. The lowest BCUT2D eigenvalue weighted by Gasteiger charge is -2.20. The maximum Gasteiger partial charge on any atom is 0.192 e. The molecule has 0 saturated heterocycles. The van der Waals surface area contributed by atoms with Crippen LogP contribution in [0.25, 0.3) is 0 Å². The number of nitrogens with zero attached hydrogens (tertiary/aromatic N) is 4. The van der Waals surface area contributed by atoms with Crippen molar-refractivity contribution in [2.24, 2.45) is 12.0 Å². The Morgan fingerprint density at radius 3 is 2.33 bits per heavy atom. The van der Waals surface area contributed by atoms with E-state index in [0.29, 0.717) is 11.8 Å². The highest BCUT2D eigenvalue weighted by atomic mass is 32.2. The van der Waals surface area contributed by atoms with Crippen molar-refractivity contribution < 1.29 is 0 Å². The molecular formula is C23H30N6S. The van der Waals surface area contributed by atoms with Crippen LogP contribution in [0.2, 0.25) is 0 Å². The van der Waals surface area contributed by atoms with Gasteiger partial charge in [0.1, 0.15) is 12.4 Å². The monoisotopic (exact) mass is 422 g/mol. The Balaban J connectivity index is 1.66. The number of aromatic nitrogens is 3. The lowest BCUT2D eigenvalue weighted by atomic mass is 10.1. The van der Waals surface area contributed by atoms with Gasteiger partial charge in [-0.15, -0.1) is 22.0 Å². The first-order chi connectivity index (χ1) is 14.5. The predicted octanol–water partition coefficient (Wildman–Crippen LogP) is 4.10. The number of aryl methyl sites for hydroxylation is 1. The second kappa shape index (κ2) is 10.8. The Morgan fingerprint density at radius 1 is 1.03 bits per heavy atom. The highest BCUT2D eigenvalue weighted by Gasteiger charge is 2.11. The summed E-state index contributed by atoms with van der Waals surface area (Å²) < 4.78 is 1.97. The van der Waals surface area contributed by atoms with Crippen molar-refractivity contribution in [1.29, 1.82) is 0 Å². The molecule has 2 unspecified atom stereocenters. The molecular weight excluding hydrogens is 392 g/mol. The number of nitrogens with one attached hydrogen (secondary N) is 2. The molecule has 2 atom stereocenters. The first-order valence-electron chi connectivity index (χ1n) is 10.2. The number of thioether (sulfide) groups is 1. The first-order valence-corrected chi connectivity index (χ1v) is 11.1. The molecule has 1 aromatic heterocycles. The van der Waals surface area contributed by atoms with Gasteiger partial charge in [0.25, 0.3) is 0 Å². The van der Waals surface area contributed by atoms with Crippen molar-refractivity contribution in [3.8, 4) is 0 Å². The standard InChI is InChI=1S/C23H30N6S/c1-17(30-21-13-9-6-10-14-21)15-24-23(25-16-22-28-27-19(3)29(22)4)26-18(2)20-11-7-5-8-12-20/h5-14,17-18H,15-16H2,1-4H3,(H2,24,25,26). The van der Waals surface area contributed by atoms with Crippen LogP contribution in [-0.2, 0) is 13.6 Å². The summed E-state index contributed by atoms with van der Waals surface area (Å²) in [6.07, 6.45) is 0. The second-order valence-electron chi connectivity index (χ2n) is 7.29. The number of benzene rings is 2. The van der Waals surface area contributed by atoms with Gasteiger partial charge in [0.05, 0.1) is 6.04 Å². The van der Waals surface area contributed by atoms with Gasteiger partial charge in [-0.3, -0.25) is 0 Å². The van der Waals surface area contributed by atoms with Crippen LogP contribution in [0.5, 0.6) is 0 Å². The molecule has 0 radical (unpaired) electrons. The summed E-state index contributed by atoms with van der Waals surface area (Å²) in [5, 5.41) is 15.8. The topological polar surface area (TPSA) is 67.1 Å². The van der Waals surface area contributed by atoms with E-state index in [9.17, 15) is 0 Å². The average Bonchev–Trinajstić information content (AvgIpc) is 3.09. The van der Waals surface area contributed by atoms with Crippen molar-refractivity contribution in [2.45, 2.75) is 43.5 Å². The molecule has 2 aromatic carbocycles. The Hall–Kier alpha value is -2.80. The molecule has 7 heteroatoms. The zero-order chi connectivity index (χ0) is 21.3. The van der Waals surface area contributed by atoms with Gasteiger partial charge in [0.15, 0.2) is 11.8 Å². The summed E-state index contributed by atoms with van der Waals surface area (Å²) in [6.45, 7) is 7.56. The van der Waals surface area contributed by atoms with Gasteiger partial charge in [0, 0.05) is 23.7 Å². The summed E-state index contributed by atoms with van der Waals surface area (Å²) in [6, 6.07) is 21.0. The Morgan fingerprint density at radius 2 is 1.70 bits per heavy atom. The lowest BCUT2D eigenvalue weighted by Crippen LogP contribution is -2.41. The van der Waals surface area contributed by atoms with Crippen LogP contribution in [0.15, 0.2) is 70.6 Å². The third-order valence-electron chi connectivity index (χ3n) is 4.85. The van der Waals surface area contributed by atoms with Crippen molar-refractivity contribution in [3.05, 3.63) is 77.9 Å². The number of rotatable bonds is 8. The van der Waals surface area contributed by atoms with E-state index in [1.165, 1.54) is 10.5 Å². The third-order valence-corrected chi connectivity index (χ3v) is 5.96. The highest BCUT2D eigenvalue weighted by Crippen LogP contribution is 2.22. The van der Waals surface area contributed by atoms with Gasteiger partial charge in [0.2, 0.25) is 0 Å². The van der Waals surface area contributed by atoms with Crippen LogP contribution in [0.1, 0.15) is 37.1 Å². The van der Waals surface area contributed by atoms with Crippen LogP contribution < -0.4 is 10.6 Å². The SMILES string of the molecule is Cc1nnc(CN=C(NCC(C)Sc2ccccc2)NC(C)c2ccccc2)n1C. The molecule has 0 bridgehead atoms. The van der Waals surface area contributed by atoms with Gasteiger partial charge in [-0.2, -0.15) is 0 Å². The molecule has 0 aliphatic heterocycles. The third kappa shape index (κ3) is 6.35. The Labute approximate surface area is 183 Å². The molecule has 0 fully saturated rings. The van der Waals surface area contributed by atoms with E-state index in [4.69, 9.17) is 4.99 Å². The molecule has 3 rings (SSSR count). The fourth-order valence-electron chi connectivity index (χ4n) is 2.93. The summed E-state index contributed by atoms with van der Waals surface area (Å²) in [5.41, 5.74) is 1.22. The van der Waals surface area contributed by atoms with Crippen LogP contribution in [0.4, 0.5) is 0 Å². The largest absolute Gasteiger partial charge is 0.355 e. The van der Waals surface area contributed by atoms with E-state index >= 15 is 0 Å². The number of aliphatic imine (C=N–C) groups is 1. The first kappa shape index (κ1) is 21.9. The molecule has 3 aromatic rings. The molecule has 0 amide bonds. The Kier molecular flexibility index (Phi) is 7.90. The van der Waals surface area contributed by atoms with E-state index in [1.54, 1.807) is 0 Å². The lowest BCUT2D eigenvalue weighted by molar-refractivity contribution is 0.674. The number of hydrogen-bond acceptors (Lipinski definition) is 4. The quantitative estimate of drug-likeness (QED) is 0.325. The summed E-state index contributed by atoms with van der Waals surface area (Å²) in [7, 11) is 1.96. The maximum absolute atomic E-state index is 4.77. The van der Waals surface area contributed by atoms with E-state index in [2.05, 4.69) is 83.2 Å². The van der Waals surface area contributed by atoms with E-state index in [0.717, 1.165) is 24.2 Å². The minimum atomic E-state index is 0.135. The minimum absolute atomic E-state index is 0.135. The van der Waals surface area contributed by atoms with E-state index in [1.807, 2.05) is 42.4 Å². The van der Waals surface area contributed by atoms with E-state index in [-0.39, 0.29) is 6.04 Å². The molecule has 158 valence electrons. The second-order valence-corrected chi connectivity index (χ2v) is 8.80. The summed E-state index contributed by atoms with van der Waals surface area (Å²) in [5.74, 6) is 2.49. The predicted molar refractivity (Wildman–Crippen MR) is 125 cm³/mol. The van der Waals surface area contributed by atoms with Crippen molar-refractivity contribution >= 4 is 17.7 Å². The van der Waals surface area contributed by atoms with Crippen molar-refractivity contribution in [3.63, 3.8) is 0 Å². The molecule has 2 N–H and O–H groups in total. The molecule has 1 heterocycles. The molecule has 0 aliphatic rings. The van der Waals surface area contributed by atoms with Crippen molar-refractivity contribution in [2.75, 3.05) is 6.54 Å². The van der Waals surface area contributed by atoms with Crippen molar-refractivity contribution in [1.82, 2.24) is 25.4 Å². The summed E-state index contributed by atoms with van der Waals surface area (Å²) in [4.78, 5) is 6.04. The van der Waals surface area contributed by atoms with Crippen LogP contribution in [0, 0.1) is 6.92 Å². The van der Waals surface area contributed by atoms with Gasteiger partial charge in [-0.25, -0.2) is 4.99 Å². The zero-order valence-corrected chi connectivity index (χ0v) is 18.9. The fourth-order valence-corrected chi connectivity index (χ4v) is 3.88. The van der Waals surface area contributed by atoms with Gasteiger partial charge in [-0.05, 0) is 31.5 Å². The van der Waals surface area contributed by atoms with Gasteiger partial charge >= 0.3 is 0 Å². The van der Waals surface area contributed by atoms with Crippen LogP contribution in [-0.4, -0.2) is 32.5 Å². The van der Waals surface area contributed by atoms with Gasteiger partial charge < -0.3 is 15.2 Å². The molecule has 6 nitrogen and oxygen atoms in total.